The molecule has 0 unspecified atom stereocenters. The second-order valence-corrected chi connectivity index (χ2v) is 0.540. The molecule has 9 heteroatoms. The van der Waals surface area contributed by atoms with E-state index in [0.717, 1.165) is 0 Å². The van der Waals surface area contributed by atoms with Crippen LogP contribution in [0.4, 0.5) is 4.79 Å². The first-order chi connectivity index (χ1) is 3.15. The molecule has 4 nitrogen and oxygen atoms in total. The van der Waals surface area contributed by atoms with Crippen LogP contribution in [-0.4, -0.2) is 11.3 Å². The average molecular weight is 315 g/mol. The first kappa shape index (κ1) is 37.3. The van der Waals surface area contributed by atoms with Gasteiger partial charge in [-0.15, -0.1) is 0 Å². The molecule has 0 aliphatic carbocycles. The van der Waals surface area contributed by atoms with Crippen molar-refractivity contribution in [2.75, 3.05) is 0 Å². The third-order valence-electron chi connectivity index (χ3n) is 0. The van der Waals surface area contributed by atoms with E-state index in [9.17, 15) is 0 Å². The molecule has 1 N–H and O–H groups in total. The van der Waals surface area contributed by atoms with Gasteiger partial charge in [0.1, 0.15) is 0 Å². The molecule has 0 fully saturated rings. The van der Waals surface area contributed by atoms with Crippen molar-refractivity contribution in [3.05, 3.63) is 0 Å². The minimum Gasteiger partial charge on any atom is -1.00 e. The Hall–Kier alpha value is 2.71. The number of hydrogen-bond acceptors (Lipinski definition) is 4. The van der Waals surface area contributed by atoms with Crippen LogP contribution in [0.15, 0.2) is 0 Å². The van der Waals surface area contributed by atoms with E-state index < -0.39 is 6.16 Å². The van der Waals surface area contributed by atoms with Crippen LogP contribution in [0.5, 0.6) is 0 Å². The Kier molecular flexibility index (Phi) is 131. The molecule has 0 aromatic heterocycles. The maximum absolute atomic E-state index is 8.44. The Labute approximate surface area is 154 Å². The number of thiocyanates is 1. The van der Waals surface area contributed by atoms with Gasteiger partial charge in [-0.25, -0.2) is 5.26 Å². The topological polar surface area (TPSA) is 84.2 Å². The van der Waals surface area contributed by atoms with Gasteiger partial charge in [0.2, 0.25) is 6.16 Å². The van der Waals surface area contributed by atoms with E-state index in [0.29, 0.717) is 0 Å². The summed E-state index contributed by atoms with van der Waals surface area (Å²) in [4.78, 5) is 8.44. The van der Waals surface area contributed by atoms with Gasteiger partial charge >= 0.3 is 88.7 Å². The molecule has 0 saturated heterocycles. The van der Waals surface area contributed by atoms with Crippen molar-refractivity contribution in [3.63, 3.8) is 0 Å². The van der Waals surface area contributed by atoms with Gasteiger partial charge < -0.3 is 51.6 Å². The van der Waals surface area contributed by atoms with Gasteiger partial charge in [-0.05, 0) is 0 Å². The molecule has 0 spiro atoms. The minimum atomic E-state index is -2.08. The van der Waals surface area contributed by atoms with Crippen molar-refractivity contribution in [1.29, 1.82) is 5.26 Å². The molecular weight excluding hydrogens is 314 g/mol. The molecule has 0 aromatic carbocycles. The Balaban J connectivity index is -0.00000000848. The zero-order valence-electron chi connectivity index (χ0n) is 6.50. The predicted octanol–water partition coefficient (Wildman–Crippen LogP) is -13.1. The molecule has 0 aromatic rings. The van der Waals surface area contributed by atoms with Gasteiger partial charge in [-0.3, -0.25) is 0 Å². The normalized spacial score (nSPS) is 2.82. The molecule has 0 heterocycles. The summed E-state index contributed by atoms with van der Waals surface area (Å²) in [6.07, 6.45) is -2.08. The van der Waals surface area contributed by atoms with Crippen molar-refractivity contribution in [3.8, 4) is 5.40 Å². The molecule has 11 heavy (non-hydrogen) atoms. The molecule has 0 rings (SSSR count). The van der Waals surface area contributed by atoms with Gasteiger partial charge in [-0.2, -0.15) is 0 Å². The average Bonchev–Trinajstić information content (AvgIpc) is 1.33. The standard InChI is InChI=1S/CHNS.CH2O3.HI.3Na/c2-1-3;2-1(3)4;;;;/h3H;(H2,2,3,4);1H;;;/q;;;3*+1/p-3. The smallest absolute Gasteiger partial charge is 1.00 e. The molecule has 0 bridgehead atoms. The summed E-state index contributed by atoms with van der Waals surface area (Å²) in [6, 6.07) is 0. The molecule has 0 atom stereocenters. The summed E-state index contributed by atoms with van der Waals surface area (Å²) in [5.74, 6) is 0. The van der Waals surface area contributed by atoms with Gasteiger partial charge in [-0.1, -0.05) is 5.40 Å². The van der Waals surface area contributed by atoms with Crippen LogP contribution in [0.25, 0.3) is 0 Å². The van der Waals surface area contributed by atoms with Crippen LogP contribution >= 0.6 is 0 Å². The van der Waals surface area contributed by atoms with Gasteiger partial charge in [0.15, 0.2) is 0 Å². The van der Waals surface area contributed by atoms with E-state index in [1.807, 2.05) is 0 Å². The summed E-state index contributed by atoms with van der Waals surface area (Å²) < 4.78 is 0. The van der Waals surface area contributed by atoms with E-state index in [4.69, 9.17) is 20.3 Å². The zero-order chi connectivity index (χ0) is 6.28. The number of nitriles is 1. The van der Waals surface area contributed by atoms with Crippen LogP contribution in [0, 0.1) is 10.7 Å². The van der Waals surface area contributed by atoms with Crippen LogP contribution in [0.2, 0.25) is 0 Å². The fraction of sp³-hybridized carbons (Fsp3) is 0. The predicted molar refractivity (Wildman–Crippen MR) is 21.0 cm³/mol. The SMILES string of the molecule is N#C[S-].O=C([O-])O.[I-].[Na+].[Na+].[Na+]. The van der Waals surface area contributed by atoms with E-state index in [1.165, 1.54) is 5.40 Å². The minimum absolute atomic E-state index is 0. The fourth-order valence-corrected chi connectivity index (χ4v) is 0. The van der Waals surface area contributed by atoms with Crippen molar-refractivity contribution in [2.24, 2.45) is 0 Å². The monoisotopic (exact) mass is 315 g/mol. The Bertz CT molecular complexity index is 95.1. The zero-order valence-corrected chi connectivity index (χ0v) is 15.5. The number of hydrogen-bond donors (Lipinski definition) is 1. The van der Waals surface area contributed by atoms with E-state index in [2.05, 4.69) is 12.6 Å². The second kappa shape index (κ2) is 38.7. The van der Waals surface area contributed by atoms with Crippen molar-refractivity contribution >= 4 is 18.8 Å². The molecule has 0 aliphatic rings. The summed E-state index contributed by atoms with van der Waals surface area (Å²) >= 11 is 3.70. The van der Waals surface area contributed by atoms with Crippen LogP contribution < -0.4 is 118 Å². The molecule has 0 saturated carbocycles. The summed E-state index contributed by atoms with van der Waals surface area (Å²) in [6.45, 7) is 0. The number of halogens is 1. The van der Waals surface area contributed by atoms with Gasteiger partial charge in [0.05, 0.1) is 0 Å². The van der Waals surface area contributed by atoms with Crippen LogP contribution in [0.3, 0.4) is 0 Å². The van der Waals surface area contributed by atoms with Crippen molar-refractivity contribution in [1.82, 2.24) is 0 Å². The van der Waals surface area contributed by atoms with Crippen LogP contribution in [-0.2, 0) is 12.6 Å². The number of rotatable bonds is 0. The van der Waals surface area contributed by atoms with Crippen LogP contribution in [0.1, 0.15) is 0 Å². The summed E-state index contributed by atoms with van der Waals surface area (Å²) in [5, 5.41) is 23.8. The number of carbonyl (C=O) groups is 1. The molecule has 0 amide bonds. The maximum Gasteiger partial charge on any atom is 1.00 e. The van der Waals surface area contributed by atoms with E-state index >= 15 is 0 Å². The Morgan fingerprint density at radius 3 is 1.45 bits per heavy atom. The van der Waals surface area contributed by atoms with Gasteiger partial charge in [0, 0.05) is 0 Å². The number of carboxylic acid groups (broad SMARTS) is 2. The molecule has 0 radical (unpaired) electrons. The summed E-state index contributed by atoms with van der Waals surface area (Å²) in [7, 11) is 0. The first-order valence-corrected chi connectivity index (χ1v) is 1.47. The number of nitrogens with zero attached hydrogens (tertiary/aromatic N) is 1. The second-order valence-electron chi connectivity index (χ2n) is 0.357. The largest absolute Gasteiger partial charge is 1.00 e. The molecule has 0 aliphatic heterocycles. The fourth-order valence-electron chi connectivity index (χ4n) is 0. The van der Waals surface area contributed by atoms with E-state index in [1.54, 1.807) is 0 Å². The molecule has 48 valence electrons. The molecular formula is C2HINNa3O3S. The quantitative estimate of drug-likeness (QED) is 0.208. The third-order valence-corrected chi connectivity index (χ3v) is 0. The summed E-state index contributed by atoms with van der Waals surface area (Å²) in [5.41, 5.74) is 0. The van der Waals surface area contributed by atoms with E-state index in [-0.39, 0.29) is 113 Å². The van der Waals surface area contributed by atoms with Gasteiger partial charge in [0.25, 0.3) is 0 Å². The Morgan fingerprint density at radius 1 is 1.45 bits per heavy atom. The van der Waals surface area contributed by atoms with Crippen molar-refractivity contribution in [2.45, 2.75) is 0 Å². The third kappa shape index (κ3) is 199. The Morgan fingerprint density at radius 2 is 1.45 bits per heavy atom. The van der Waals surface area contributed by atoms with Crippen molar-refractivity contribution < 1.29 is 128 Å². The maximum atomic E-state index is 8.44. The first-order valence-electron chi connectivity index (χ1n) is 1.06.